The summed E-state index contributed by atoms with van der Waals surface area (Å²) in [7, 11) is 3.11. The van der Waals surface area contributed by atoms with Crippen LogP contribution in [0, 0.1) is 5.41 Å². The zero-order valence-corrected chi connectivity index (χ0v) is 12.0. The Bertz CT molecular complexity index is 702. The van der Waals surface area contributed by atoms with Gasteiger partial charge in [0.05, 0.1) is 20.5 Å². The molecule has 0 radical (unpaired) electrons. The molecule has 7 nitrogen and oxygen atoms in total. The molecule has 0 fully saturated rings. The summed E-state index contributed by atoms with van der Waals surface area (Å²) in [6, 6.07) is 5.22. The molecular weight excluding hydrogens is 272 g/mol. The standard InChI is InChI=1S/C14H16N4O3/c1-8(15)12-13(16-7-17-14(12)19)18-9-4-10(20-2)6-11(5-9)21-3/h4-7,15H,1-3H3,(H2,16,17,18,19). The van der Waals surface area contributed by atoms with E-state index in [4.69, 9.17) is 14.9 Å². The van der Waals surface area contributed by atoms with Crippen molar-refractivity contribution in [2.45, 2.75) is 6.92 Å². The first kappa shape index (κ1) is 14.6. The summed E-state index contributed by atoms with van der Waals surface area (Å²) in [4.78, 5) is 18.3. The van der Waals surface area contributed by atoms with Crippen LogP contribution < -0.4 is 20.3 Å². The van der Waals surface area contributed by atoms with E-state index in [9.17, 15) is 4.79 Å². The Kier molecular flexibility index (Phi) is 4.22. The van der Waals surface area contributed by atoms with Gasteiger partial charge in [0.1, 0.15) is 22.9 Å². The molecular formula is C14H16N4O3. The van der Waals surface area contributed by atoms with E-state index in [0.29, 0.717) is 23.0 Å². The van der Waals surface area contributed by atoms with Gasteiger partial charge < -0.3 is 25.2 Å². The molecule has 2 rings (SSSR count). The van der Waals surface area contributed by atoms with Crippen molar-refractivity contribution < 1.29 is 9.47 Å². The molecule has 3 N–H and O–H groups in total. The van der Waals surface area contributed by atoms with Gasteiger partial charge in [-0.1, -0.05) is 0 Å². The number of hydrogen-bond acceptors (Lipinski definition) is 6. The fraction of sp³-hybridized carbons (Fsp3) is 0.214. The summed E-state index contributed by atoms with van der Waals surface area (Å²) in [5.41, 5.74) is 0.600. The van der Waals surface area contributed by atoms with Gasteiger partial charge in [0.2, 0.25) is 0 Å². The fourth-order valence-electron chi connectivity index (χ4n) is 1.86. The molecule has 21 heavy (non-hydrogen) atoms. The normalized spacial score (nSPS) is 10.0. The molecule has 1 heterocycles. The molecule has 2 aromatic rings. The topological polar surface area (TPSA) is 100 Å². The second-order valence-electron chi connectivity index (χ2n) is 4.31. The Balaban J connectivity index is 2.45. The van der Waals surface area contributed by atoms with Crippen LogP contribution in [-0.2, 0) is 0 Å². The number of rotatable bonds is 5. The largest absolute Gasteiger partial charge is 0.497 e. The zero-order chi connectivity index (χ0) is 15.4. The highest BCUT2D eigenvalue weighted by Gasteiger charge is 2.12. The first-order chi connectivity index (χ1) is 10.0. The van der Waals surface area contributed by atoms with Crippen molar-refractivity contribution >= 4 is 17.2 Å². The maximum atomic E-state index is 11.8. The molecule has 0 saturated carbocycles. The molecule has 0 spiro atoms. The van der Waals surface area contributed by atoms with Gasteiger partial charge in [-0.25, -0.2) is 4.98 Å². The third-order valence-corrected chi connectivity index (χ3v) is 2.84. The Labute approximate surface area is 121 Å². The fourth-order valence-corrected chi connectivity index (χ4v) is 1.86. The van der Waals surface area contributed by atoms with Gasteiger partial charge in [-0.2, -0.15) is 0 Å². The summed E-state index contributed by atoms with van der Waals surface area (Å²) >= 11 is 0. The van der Waals surface area contributed by atoms with Gasteiger partial charge in [0.25, 0.3) is 5.56 Å². The predicted octanol–water partition coefficient (Wildman–Crippen LogP) is 1.92. The number of H-pyrrole nitrogens is 1. The third-order valence-electron chi connectivity index (χ3n) is 2.84. The lowest BCUT2D eigenvalue weighted by Gasteiger charge is -2.12. The number of methoxy groups -OCH3 is 2. The highest BCUT2D eigenvalue weighted by Crippen LogP contribution is 2.27. The Hall–Kier alpha value is -2.83. The van der Waals surface area contributed by atoms with Crippen LogP contribution in [0.4, 0.5) is 11.5 Å². The molecule has 7 heteroatoms. The average molecular weight is 288 g/mol. The molecule has 0 aliphatic rings. The van der Waals surface area contributed by atoms with E-state index >= 15 is 0 Å². The van der Waals surface area contributed by atoms with Crippen LogP contribution in [0.25, 0.3) is 0 Å². The molecule has 1 aromatic carbocycles. The van der Waals surface area contributed by atoms with Crippen molar-refractivity contribution in [1.29, 1.82) is 5.41 Å². The van der Waals surface area contributed by atoms with Crippen LogP contribution in [0.15, 0.2) is 29.3 Å². The molecule has 0 aliphatic heterocycles. The minimum absolute atomic E-state index is 0.127. The molecule has 1 aromatic heterocycles. The van der Waals surface area contributed by atoms with Gasteiger partial charge in [-0.05, 0) is 6.92 Å². The van der Waals surface area contributed by atoms with E-state index in [1.807, 2.05) is 0 Å². The molecule has 0 aliphatic carbocycles. The predicted molar refractivity (Wildman–Crippen MR) is 80.2 cm³/mol. The zero-order valence-electron chi connectivity index (χ0n) is 12.0. The number of hydrogen-bond donors (Lipinski definition) is 3. The summed E-state index contributed by atoms with van der Waals surface area (Å²) in [5.74, 6) is 1.52. The number of ether oxygens (including phenoxy) is 2. The van der Waals surface area contributed by atoms with Crippen molar-refractivity contribution in [2.75, 3.05) is 19.5 Å². The third kappa shape index (κ3) is 3.19. The van der Waals surface area contributed by atoms with Crippen LogP contribution in [0.5, 0.6) is 11.5 Å². The van der Waals surface area contributed by atoms with E-state index < -0.39 is 0 Å². The summed E-state index contributed by atoms with van der Waals surface area (Å²) in [6.45, 7) is 1.53. The minimum Gasteiger partial charge on any atom is -0.497 e. The molecule has 110 valence electrons. The van der Waals surface area contributed by atoms with Crippen LogP contribution in [-0.4, -0.2) is 29.9 Å². The van der Waals surface area contributed by atoms with Crippen molar-refractivity contribution in [1.82, 2.24) is 9.97 Å². The lowest BCUT2D eigenvalue weighted by molar-refractivity contribution is 0.395. The van der Waals surface area contributed by atoms with Gasteiger partial charge in [0.15, 0.2) is 0 Å². The number of anilines is 2. The summed E-state index contributed by atoms with van der Waals surface area (Å²) in [5, 5.41) is 10.7. The summed E-state index contributed by atoms with van der Waals surface area (Å²) < 4.78 is 10.4. The van der Waals surface area contributed by atoms with Crippen LogP contribution in [0.2, 0.25) is 0 Å². The van der Waals surface area contributed by atoms with Crippen molar-refractivity contribution in [3.63, 3.8) is 0 Å². The SMILES string of the molecule is COc1cc(Nc2nc[nH]c(=O)c2C(C)=N)cc(OC)c1. The quantitative estimate of drug-likeness (QED) is 0.730. The second kappa shape index (κ2) is 6.08. The van der Waals surface area contributed by atoms with E-state index in [1.165, 1.54) is 13.3 Å². The maximum Gasteiger partial charge on any atom is 0.261 e. The van der Waals surface area contributed by atoms with Gasteiger partial charge in [-0.15, -0.1) is 0 Å². The van der Waals surface area contributed by atoms with Crippen molar-refractivity contribution in [3.05, 3.63) is 40.4 Å². The number of benzene rings is 1. The first-order valence-corrected chi connectivity index (χ1v) is 6.18. The lowest BCUT2D eigenvalue weighted by atomic mass is 10.2. The number of aromatic nitrogens is 2. The Morgan fingerprint density at radius 3 is 2.38 bits per heavy atom. The lowest BCUT2D eigenvalue weighted by Crippen LogP contribution is -2.19. The van der Waals surface area contributed by atoms with Crippen molar-refractivity contribution in [3.8, 4) is 11.5 Å². The molecule has 0 bridgehead atoms. The smallest absolute Gasteiger partial charge is 0.261 e. The Morgan fingerprint density at radius 2 is 1.86 bits per heavy atom. The molecule has 0 atom stereocenters. The molecule has 0 amide bonds. The van der Waals surface area contributed by atoms with Crippen LogP contribution in [0.3, 0.4) is 0 Å². The minimum atomic E-state index is -0.366. The second-order valence-corrected chi connectivity index (χ2v) is 4.31. The molecule has 0 unspecified atom stereocenters. The monoisotopic (exact) mass is 288 g/mol. The number of nitrogens with zero attached hydrogens (tertiary/aromatic N) is 1. The van der Waals surface area contributed by atoms with Crippen LogP contribution >= 0.6 is 0 Å². The molecule has 0 saturated heterocycles. The van der Waals surface area contributed by atoms with Crippen molar-refractivity contribution in [2.24, 2.45) is 0 Å². The van der Waals surface area contributed by atoms with Crippen LogP contribution in [0.1, 0.15) is 12.5 Å². The van der Waals surface area contributed by atoms with E-state index in [1.54, 1.807) is 32.4 Å². The highest BCUT2D eigenvalue weighted by molar-refractivity contribution is 6.00. The van der Waals surface area contributed by atoms with E-state index in [2.05, 4.69) is 15.3 Å². The summed E-state index contributed by atoms with van der Waals surface area (Å²) in [6.07, 6.45) is 1.29. The number of nitrogens with one attached hydrogen (secondary N) is 3. The van der Waals surface area contributed by atoms with E-state index in [0.717, 1.165) is 0 Å². The Morgan fingerprint density at radius 1 is 1.24 bits per heavy atom. The average Bonchev–Trinajstić information content (AvgIpc) is 2.46. The first-order valence-electron chi connectivity index (χ1n) is 6.18. The van der Waals surface area contributed by atoms with Gasteiger partial charge in [-0.3, -0.25) is 4.79 Å². The highest BCUT2D eigenvalue weighted by atomic mass is 16.5. The number of aromatic amines is 1. The van der Waals surface area contributed by atoms with Gasteiger partial charge >= 0.3 is 0 Å². The van der Waals surface area contributed by atoms with E-state index in [-0.39, 0.29) is 16.8 Å². The van der Waals surface area contributed by atoms with Gasteiger partial charge in [0, 0.05) is 29.6 Å². The maximum absolute atomic E-state index is 11.8.